The van der Waals surface area contributed by atoms with Crippen molar-refractivity contribution in [2.45, 2.75) is 33.2 Å². The quantitative estimate of drug-likeness (QED) is 0.133. The Labute approximate surface area is 244 Å². The van der Waals surface area contributed by atoms with E-state index in [1.165, 1.54) is 13.3 Å². The van der Waals surface area contributed by atoms with Crippen LogP contribution in [-0.2, 0) is 20.7 Å². The van der Waals surface area contributed by atoms with E-state index in [0.29, 0.717) is 47.1 Å². The summed E-state index contributed by atoms with van der Waals surface area (Å²) >= 11 is 0. The van der Waals surface area contributed by atoms with Gasteiger partial charge in [0.25, 0.3) is 5.91 Å². The summed E-state index contributed by atoms with van der Waals surface area (Å²) in [5, 5.41) is 9.35. The fourth-order valence-electron chi connectivity index (χ4n) is 4.32. The number of carbonyl (C=O) groups is 3. The number of nitrogens with zero attached hydrogens (tertiary/aromatic N) is 1. The van der Waals surface area contributed by atoms with Crippen LogP contribution in [-0.4, -0.2) is 58.2 Å². The summed E-state index contributed by atoms with van der Waals surface area (Å²) < 4.78 is 27.5. The van der Waals surface area contributed by atoms with Gasteiger partial charge in [-0.3, -0.25) is 4.79 Å². The molecule has 0 spiro atoms. The Balaban J connectivity index is 1.70. The lowest BCUT2D eigenvalue weighted by molar-refractivity contribution is -0.139. The molecule has 224 valence electrons. The third-order valence-corrected chi connectivity index (χ3v) is 6.07. The number of rotatable bonds is 14. The Hall–Kier alpha value is -5.00. The number of nitrogens with one attached hydrogen (secondary N) is 3. The highest BCUT2D eigenvalue weighted by atomic mass is 16.5. The fraction of sp³-hybridized carbons (Fsp3) is 0.333. The molecule has 2 aromatic carbocycles. The highest BCUT2D eigenvalue weighted by molar-refractivity contribution is 5.95. The van der Waals surface area contributed by atoms with E-state index in [-0.39, 0.29) is 24.5 Å². The Morgan fingerprint density at radius 3 is 2.50 bits per heavy atom. The Morgan fingerprint density at radius 1 is 1.05 bits per heavy atom. The van der Waals surface area contributed by atoms with Crippen LogP contribution in [0.25, 0.3) is 0 Å². The summed E-state index contributed by atoms with van der Waals surface area (Å²) in [5.41, 5.74) is 5.22. The van der Waals surface area contributed by atoms with Crippen molar-refractivity contribution >= 4 is 24.1 Å². The first-order chi connectivity index (χ1) is 20.3. The van der Waals surface area contributed by atoms with Gasteiger partial charge in [-0.25, -0.2) is 15.0 Å². The average molecular weight is 581 g/mol. The number of allylic oxidation sites excluding steroid dienone is 2. The van der Waals surface area contributed by atoms with Crippen LogP contribution in [0.2, 0.25) is 0 Å². The Kier molecular flexibility index (Phi) is 11.4. The maximum absolute atomic E-state index is 12.6. The van der Waals surface area contributed by atoms with Crippen molar-refractivity contribution in [3.63, 3.8) is 0 Å². The van der Waals surface area contributed by atoms with Gasteiger partial charge in [-0.05, 0) is 62.6 Å². The number of hydrazone groups is 1. The zero-order chi connectivity index (χ0) is 30.6. The molecule has 1 aliphatic rings. The van der Waals surface area contributed by atoms with Gasteiger partial charge in [0.1, 0.15) is 0 Å². The van der Waals surface area contributed by atoms with Gasteiger partial charge in [0.15, 0.2) is 29.6 Å². The number of hydrogen-bond acceptors (Lipinski definition) is 9. The predicted molar refractivity (Wildman–Crippen MR) is 156 cm³/mol. The van der Waals surface area contributed by atoms with E-state index in [1.807, 2.05) is 13.0 Å². The van der Waals surface area contributed by atoms with Crippen molar-refractivity contribution < 1.29 is 38.1 Å². The van der Waals surface area contributed by atoms with Gasteiger partial charge in [-0.1, -0.05) is 12.1 Å². The van der Waals surface area contributed by atoms with E-state index >= 15 is 0 Å². The lowest BCUT2D eigenvalue weighted by Gasteiger charge is -2.28. The highest BCUT2D eigenvalue weighted by Crippen LogP contribution is 2.35. The van der Waals surface area contributed by atoms with Crippen LogP contribution in [0.4, 0.5) is 4.79 Å². The van der Waals surface area contributed by atoms with Crippen molar-refractivity contribution in [3.05, 3.63) is 70.9 Å². The van der Waals surface area contributed by atoms with E-state index in [0.717, 1.165) is 5.56 Å². The number of urea groups is 1. The molecule has 12 heteroatoms. The van der Waals surface area contributed by atoms with Crippen molar-refractivity contribution in [2.75, 3.05) is 34.0 Å². The first-order valence-corrected chi connectivity index (χ1v) is 13.3. The Morgan fingerprint density at radius 2 is 1.83 bits per heavy atom. The first kappa shape index (κ1) is 31.5. The molecular weight excluding hydrogens is 544 g/mol. The van der Waals surface area contributed by atoms with Crippen molar-refractivity contribution in [1.82, 2.24) is 16.1 Å². The molecule has 1 heterocycles. The lowest BCUT2D eigenvalue weighted by Crippen LogP contribution is -2.45. The van der Waals surface area contributed by atoms with Crippen LogP contribution >= 0.6 is 0 Å². The molecule has 12 nitrogen and oxygen atoms in total. The standard InChI is InChI=1S/C30H36N4O8/c1-7-10-21-13-19(14-24(40-8-2)28(21)39-6)16-31-34-25(35)17-42-22-12-11-20(15-23(22)38-5)27-26(29(36)41-9-3)18(4)32-30(37)33-27/h7,11-16,27H,1,8-10,17H2,2-6H3,(H,34,35)(H2,32,33,37)/b31-16-/t27-/m1/s1. The van der Waals surface area contributed by atoms with Crippen LogP contribution in [0.3, 0.4) is 0 Å². The number of methoxy groups -OCH3 is 2. The minimum Gasteiger partial charge on any atom is -0.493 e. The Bertz CT molecular complexity index is 1390. The van der Waals surface area contributed by atoms with Crippen molar-refractivity contribution in [3.8, 4) is 23.0 Å². The number of esters is 1. The number of ether oxygens (including phenoxy) is 5. The molecule has 1 atom stereocenters. The third-order valence-electron chi connectivity index (χ3n) is 6.07. The van der Waals surface area contributed by atoms with Crippen molar-refractivity contribution in [1.29, 1.82) is 0 Å². The SMILES string of the molecule is C=CCc1cc(/C=N\NC(=O)COc2ccc([C@H]3NC(=O)NC(C)=C3C(=O)OCC)cc2OC)cc(OCC)c1OC. The van der Waals surface area contributed by atoms with Gasteiger partial charge in [-0.15, -0.1) is 6.58 Å². The number of carbonyl (C=O) groups excluding carboxylic acids is 3. The number of benzene rings is 2. The second kappa shape index (κ2) is 15.1. The van der Waals surface area contributed by atoms with Gasteiger partial charge in [-0.2, -0.15) is 5.10 Å². The lowest BCUT2D eigenvalue weighted by atomic mass is 9.95. The van der Waals surface area contributed by atoms with E-state index < -0.39 is 23.9 Å². The minimum atomic E-state index is -0.772. The van der Waals surface area contributed by atoms with Crippen LogP contribution < -0.4 is 35.0 Å². The highest BCUT2D eigenvalue weighted by Gasteiger charge is 2.32. The molecule has 0 radical (unpaired) electrons. The monoisotopic (exact) mass is 580 g/mol. The summed E-state index contributed by atoms with van der Waals surface area (Å²) in [5.74, 6) is 0.714. The van der Waals surface area contributed by atoms with Gasteiger partial charge < -0.3 is 34.3 Å². The number of hydrogen-bond donors (Lipinski definition) is 3. The van der Waals surface area contributed by atoms with E-state index in [1.54, 1.807) is 51.3 Å². The maximum atomic E-state index is 12.6. The maximum Gasteiger partial charge on any atom is 0.338 e. The third kappa shape index (κ3) is 7.80. The summed E-state index contributed by atoms with van der Waals surface area (Å²) in [6, 6.07) is 7.28. The summed E-state index contributed by atoms with van der Waals surface area (Å²) in [6.45, 7) is 9.27. The largest absolute Gasteiger partial charge is 0.493 e. The van der Waals surface area contributed by atoms with Crippen LogP contribution in [0, 0.1) is 0 Å². The molecule has 0 saturated heterocycles. The molecule has 0 fully saturated rings. The molecule has 0 bridgehead atoms. The predicted octanol–water partition coefficient (Wildman–Crippen LogP) is 3.55. The summed E-state index contributed by atoms with van der Waals surface area (Å²) in [7, 11) is 3.02. The second-order valence-electron chi connectivity index (χ2n) is 8.92. The molecule has 0 saturated carbocycles. The summed E-state index contributed by atoms with van der Waals surface area (Å²) in [4.78, 5) is 37.2. The smallest absolute Gasteiger partial charge is 0.338 e. The van der Waals surface area contributed by atoms with Gasteiger partial charge in [0.2, 0.25) is 0 Å². The van der Waals surface area contributed by atoms with Crippen LogP contribution in [0.1, 0.15) is 43.5 Å². The molecular formula is C30H36N4O8. The number of amides is 3. The zero-order valence-corrected chi connectivity index (χ0v) is 24.4. The molecule has 0 aliphatic carbocycles. The molecule has 1 aliphatic heterocycles. The van der Waals surface area contributed by atoms with Crippen LogP contribution in [0.5, 0.6) is 23.0 Å². The minimum absolute atomic E-state index is 0.184. The van der Waals surface area contributed by atoms with Crippen molar-refractivity contribution in [2.24, 2.45) is 5.10 Å². The first-order valence-electron chi connectivity index (χ1n) is 13.3. The molecule has 42 heavy (non-hydrogen) atoms. The molecule has 2 aromatic rings. The molecule has 3 N–H and O–H groups in total. The molecule has 0 unspecified atom stereocenters. The van der Waals surface area contributed by atoms with Gasteiger partial charge in [0, 0.05) is 11.3 Å². The van der Waals surface area contributed by atoms with Gasteiger partial charge in [0.05, 0.1) is 45.3 Å². The van der Waals surface area contributed by atoms with Gasteiger partial charge >= 0.3 is 12.0 Å². The normalized spacial score (nSPS) is 14.5. The molecule has 3 amide bonds. The fourth-order valence-corrected chi connectivity index (χ4v) is 4.32. The molecule has 3 rings (SSSR count). The van der Waals surface area contributed by atoms with E-state index in [2.05, 4.69) is 27.7 Å². The van der Waals surface area contributed by atoms with E-state index in [9.17, 15) is 14.4 Å². The zero-order valence-electron chi connectivity index (χ0n) is 24.4. The molecule has 0 aromatic heterocycles. The van der Waals surface area contributed by atoms with E-state index in [4.69, 9.17) is 23.7 Å². The summed E-state index contributed by atoms with van der Waals surface area (Å²) in [6.07, 6.45) is 3.81. The topological polar surface area (TPSA) is 146 Å². The second-order valence-corrected chi connectivity index (χ2v) is 8.92. The van der Waals surface area contributed by atoms with Crippen LogP contribution in [0.15, 0.2) is 59.4 Å². The average Bonchev–Trinajstić information content (AvgIpc) is 2.96.